The Kier molecular flexibility index (Phi) is 1.63. The van der Waals surface area contributed by atoms with Gasteiger partial charge in [0.15, 0.2) is 0 Å². The predicted molar refractivity (Wildman–Crippen MR) is 57.4 cm³/mol. The van der Waals surface area contributed by atoms with Gasteiger partial charge in [-0.15, -0.1) is 0 Å². The maximum absolute atomic E-state index is 5.43. The van der Waals surface area contributed by atoms with Gasteiger partial charge in [0.2, 0.25) is 0 Å². The zero-order valence-corrected chi connectivity index (χ0v) is 8.11. The van der Waals surface area contributed by atoms with Gasteiger partial charge in [-0.25, -0.2) is 0 Å². The summed E-state index contributed by atoms with van der Waals surface area (Å²) >= 11 is 0. The van der Waals surface area contributed by atoms with Crippen molar-refractivity contribution in [1.82, 2.24) is 0 Å². The van der Waals surface area contributed by atoms with Gasteiger partial charge in [-0.3, -0.25) is 0 Å². The van der Waals surface area contributed by atoms with Gasteiger partial charge in [0.25, 0.3) is 0 Å². The van der Waals surface area contributed by atoms with E-state index >= 15 is 0 Å². The largest absolute Gasteiger partial charge is 0.323 e. The molecule has 1 aromatic carbocycles. The number of hydrazone groups is 1. The molecule has 0 heterocycles. The maximum atomic E-state index is 5.43. The second kappa shape index (κ2) is 2.84. The van der Waals surface area contributed by atoms with Crippen molar-refractivity contribution in [2.45, 2.75) is 31.1 Å². The first kappa shape index (κ1) is 8.04. The summed E-state index contributed by atoms with van der Waals surface area (Å²) in [5, 5.41) is 3.95. The molecule has 0 saturated heterocycles. The Morgan fingerprint density at radius 2 is 1.93 bits per heavy atom. The fourth-order valence-corrected chi connectivity index (χ4v) is 2.97. The Morgan fingerprint density at radius 3 is 2.71 bits per heavy atom. The van der Waals surface area contributed by atoms with Gasteiger partial charge in [0.1, 0.15) is 0 Å². The quantitative estimate of drug-likeness (QED) is 0.490. The van der Waals surface area contributed by atoms with Crippen molar-refractivity contribution in [3.63, 3.8) is 0 Å². The van der Waals surface area contributed by atoms with Crippen LogP contribution in [0.4, 0.5) is 0 Å². The lowest BCUT2D eigenvalue weighted by Gasteiger charge is -2.38. The first-order chi connectivity index (χ1) is 6.90. The number of hydrogen-bond donors (Lipinski definition) is 1. The Morgan fingerprint density at radius 1 is 1.14 bits per heavy atom. The molecular formula is C12H14N2. The van der Waals surface area contributed by atoms with Crippen LogP contribution in [0.3, 0.4) is 0 Å². The number of nitrogens with two attached hydrogens (primary N) is 1. The molecule has 2 nitrogen and oxygen atoms in total. The Bertz CT molecular complexity index is 395. The topological polar surface area (TPSA) is 38.4 Å². The fourth-order valence-electron chi connectivity index (χ4n) is 2.97. The molecule has 2 N–H and O–H groups in total. The van der Waals surface area contributed by atoms with Crippen molar-refractivity contribution in [3.8, 4) is 0 Å². The van der Waals surface area contributed by atoms with Gasteiger partial charge in [-0.2, -0.15) is 5.10 Å². The van der Waals surface area contributed by atoms with E-state index < -0.39 is 0 Å². The summed E-state index contributed by atoms with van der Waals surface area (Å²) in [4.78, 5) is 0. The van der Waals surface area contributed by atoms with Crippen LogP contribution in [0.2, 0.25) is 0 Å². The number of hydrogen-bond acceptors (Lipinski definition) is 2. The van der Waals surface area contributed by atoms with Crippen molar-refractivity contribution >= 4 is 5.71 Å². The molecule has 2 atom stereocenters. The van der Waals surface area contributed by atoms with Crippen molar-refractivity contribution < 1.29 is 0 Å². The van der Waals surface area contributed by atoms with E-state index in [1.54, 1.807) is 0 Å². The third-order valence-corrected chi connectivity index (χ3v) is 3.64. The minimum absolute atomic E-state index is 0.515. The predicted octanol–water partition coefficient (Wildman–Crippen LogP) is 2.37. The van der Waals surface area contributed by atoms with E-state index in [4.69, 9.17) is 5.84 Å². The summed E-state index contributed by atoms with van der Waals surface area (Å²) in [6, 6.07) is 8.75. The molecule has 4 rings (SSSR count). The highest BCUT2D eigenvalue weighted by molar-refractivity contribution is 5.94. The second-order valence-electron chi connectivity index (χ2n) is 4.28. The third kappa shape index (κ3) is 0.939. The average Bonchev–Trinajstić information content (AvgIpc) is 2.30. The fraction of sp³-hybridized carbons (Fsp3) is 0.417. The van der Waals surface area contributed by atoms with E-state index in [-0.39, 0.29) is 0 Å². The van der Waals surface area contributed by atoms with Crippen LogP contribution in [0.5, 0.6) is 0 Å². The lowest BCUT2D eigenvalue weighted by Crippen LogP contribution is -2.30. The zero-order chi connectivity index (χ0) is 9.54. The summed E-state index contributed by atoms with van der Waals surface area (Å²) in [6.45, 7) is 0. The van der Waals surface area contributed by atoms with Crippen LogP contribution in [0.1, 0.15) is 42.2 Å². The zero-order valence-electron chi connectivity index (χ0n) is 8.11. The highest BCUT2D eigenvalue weighted by Gasteiger charge is 2.36. The molecule has 72 valence electrons. The third-order valence-electron chi connectivity index (χ3n) is 3.64. The van der Waals surface area contributed by atoms with Crippen LogP contribution < -0.4 is 5.84 Å². The molecule has 1 aromatic rings. The normalized spacial score (nSPS) is 31.9. The molecule has 0 spiro atoms. The summed E-state index contributed by atoms with van der Waals surface area (Å²) < 4.78 is 0. The Labute approximate surface area is 83.8 Å². The average molecular weight is 186 g/mol. The molecule has 0 amide bonds. The van der Waals surface area contributed by atoms with E-state index in [0.717, 1.165) is 6.42 Å². The molecule has 0 aromatic heterocycles. The summed E-state index contributed by atoms with van der Waals surface area (Å²) in [7, 11) is 0. The molecule has 2 unspecified atom stereocenters. The SMILES string of the molecule is N/N=C1\CC2CCC1c1ccccc12. The molecule has 0 radical (unpaired) electrons. The molecule has 2 bridgehead atoms. The van der Waals surface area contributed by atoms with Gasteiger partial charge in [-0.05, 0) is 36.3 Å². The standard InChI is InChI=1S/C12H14N2/c13-14-12-7-8-5-6-11(12)10-4-2-1-3-9(8)10/h1-4,8,11H,5-7,13H2/b14-12+. The van der Waals surface area contributed by atoms with Crippen LogP contribution in [-0.2, 0) is 0 Å². The maximum Gasteiger partial charge on any atom is 0.0456 e. The van der Waals surface area contributed by atoms with Crippen molar-refractivity contribution in [3.05, 3.63) is 35.4 Å². The van der Waals surface area contributed by atoms with E-state index in [1.807, 2.05) is 0 Å². The minimum atomic E-state index is 0.515. The summed E-state index contributed by atoms with van der Waals surface area (Å²) in [6.07, 6.45) is 3.62. The molecule has 2 heteroatoms. The van der Waals surface area contributed by atoms with Crippen LogP contribution in [0, 0.1) is 0 Å². The lowest BCUT2D eigenvalue weighted by atomic mass is 9.66. The number of fused-ring (bicyclic) bond motifs is 2. The monoisotopic (exact) mass is 186 g/mol. The van der Waals surface area contributed by atoms with Crippen LogP contribution in [0.25, 0.3) is 0 Å². The van der Waals surface area contributed by atoms with Crippen LogP contribution in [0.15, 0.2) is 29.4 Å². The van der Waals surface area contributed by atoms with Crippen molar-refractivity contribution in [2.24, 2.45) is 10.9 Å². The van der Waals surface area contributed by atoms with Crippen molar-refractivity contribution in [2.75, 3.05) is 0 Å². The van der Waals surface area contributed by atoms with Gasteiger partial charge >= 0.3 is 0 Å². The summed E-state index contributed by atoms with van der Waals surface area (Å²) in [5.41, 5.74) is 4.22. The van der Waals surface area contributed by atoms with Gasteiger partial charge in [0.05, 0.1) is 0 Å². The van der Waals surface area contributed by atoms with Crippen LogP contribution >= 0.6 is 0 Å². The molecule has 14 heavy (non-hydrogen) atoms. The smallest absolute Gasteiger partial charge is 0.0456 e. The number of rotatable bonds is 0. The summed E-state index contributed by atoms with van der Waals surface area (Å²) in [5.74, 6) is 6.63. The minimum Gasteiger partial charge on any atom is -0.323 e. The first-order valence-corrected chi connectivity index (χ1v) is 5.25. The van der Waals surface area contributed by atoms with E-state index in [9.17, 15) is 0 Å². The van der Waals surface area contributed by atoms with Crippen LogP contribution in [-0.4, -0.2) is 5.71 Å². The van der Waals surface area contributed by atoms with Gasteiger partial charge < -0.3 is 5.84 Å². The molecule has 1 saturated carbocycles. The van der Waals surface area contributed by atoms with Crippen molar-refractivity contribution in [1.29, 1.82) is 0 Å². The van der Waals surface area contributed by atoms with Gasteiger partial charge in [-0.1, -0.05) is 24.3 Å². The number of nitrogens with zero attached hydrogens (tertiary/aromatic N) is 1. The number of benzene rings is 1. The van der Waals surface area contributed by atoms with E-state index in [1.165, 1.54) is 29.7 Å². The molecular weight excluding hydrogens is 172 g/mol. The van der Waals surface area contributed by atoms with Gasteiger partial charge in [0, 0.05) is 11.6 Å². The molecule has 1 fully saturated rings. The first-order valence-electron chi connectivity index (χ1n) is 5.25. The Balaban J connectivity index is 2.17. The molecule has 3 aliphatic carbocycles. The lowest BCUT2D eigenvalue weighted by molar-refractivity contribution is 0.498. The highest BCUT2D eigenvalue weighted by Crippen LogP contribution is 2.47. The van der Waals surface area contributed by atoms with E-state index in [2.05, 4.69) is 29.4 Å². The highest BCUT2D eigenvalue weighted by atomic mass is 15.1. The second-order valence-corrected chi connectivity index (χ2v) is 4.28. The Hall–Kier alpha value is -1.31. The van der Waals surface area contributed by atoms with E-state index in [0.29, 0.717) is 11.8 Å². The molecule has 0 aliphatic heterocycles. The molecule has 3 aliphatic rings.